The van der Waals surface area contributed by atoms with Gasteiger partial charge in [0.1, 0.15) is 0 Å². The van der Waals surface area contributed by atoms with E-state index in [1.165, 1.54) is 0 Å². The Hall–Kier alpha value is -1.43. The Morgan fingerprint density at radius 3 is 3.11 bits per heavy atom. The van der Waals surface area contributed by atoms with Crippen molar-refractivity contribution in [1.82, 2.24) is 5.32 Å². The van der Waals surface area contributed by atoms with Crippen LogP contribution < -0.4 is 16.4 Å². The minimum Gasteiger partial charge on any atom is -0.374 e. The summed E-state index contributed by atoms with van der Waals surface area (Å²) in [5.74, 6) is 0.0475. The van der Waals surface area contributed by atoms with Crippen LogP contribution in [0.1, 0.15) is 17.2 Å². The van der Waals surface area contributed by atoms with E-state index in [4.69, 9.17) is 10.5 Å². The van der Waals surface area contributed by atoms with Gasteiger partial charge in [0.2, 0.25) is 5.91 Å². The molecule has 2 atom stereocenters. The SMILES string of the molecule is NC(c1ccc2c(c1)CC(=O)N2)C1CNCCO1. The van der Waals surface area contributed by atoms with E-state index in [0.29, 0.717) is 13.0 Å². The zero-order valence-electron chi connectivity index (χ0n) is 10.1. The summed E-state index contributed by atoms with van der Waals surface area (Å²) in [4.78, 5) is 11.3. The van der Waals surface area contributed by atoms with Crippen molar-refractivity contribution in [1.29, 1.82) is 0 Å². The van der Waals surface area contributed by atoms with Gasteiger partial charge in [-0.3, -0.25) is 4.79 Å². The summed E-state index contributed by atoms with van der Waals surface area (Å²) in [6.07, 6.45) is 0.446. The molecule has 2 aliphatic heterocycles. The van der Waals surface area contributed by atoms with E-state index >= 15 is 0 Å². The molecular weight excluding hydrogens is 230 g/mol. The zero-order chi connectivity index (χ0) is 12.5. The number of morpholine rings is 1. The third-order valence-corrected chi connectivity index (χ3v) is 3.50. The highest BCUT2D eigenvalue weighted by Crippen LogP contribution is 2.27. The maximum atomic E-state index is 11.3. The number of nitrogens with one attached hydrogen (secondary N) is 2. The number of hydrogen-bond acceptors (Lipinski definition) is 4. The average molecular weight is 247 g/mol. The first-order valence-corrected chi connectivity index (χ1v) is 6.24. The van der Waals surface area contributed by atoms with Gasteiger partial charge in [0.25, 0.3) is 0 Å². The number of rotatable bonds is 2. The summed E-state index contributed by atoms with van der Waals surface area (Å²) < 4.78 is 5.66. The van der Waals surface area contributed by atoms with Gasteiger partial charge in [-0.05, 0) is 17.2 Å². The molecular formula is C13H17N3O2. The van der Waals surface area contributed by atoms with Gasteiger partial charge in [-0.25, -0.2) is 0 Å². The number of anilines is 1. The molecule has 5 heteroatoms. The van der Waals surface area contributed by atoms with Crippen molar-refractivity contribution in [2.24, 2.45) is 5.73 Å². The van der Waals surface area contributed by atoms with Gasteiger partial charge in [-0.15, -0.1) is 0 Å². The fourth-order valence-electron chi connectivity index (χ4n) is 2.49. The lowest BCUT2D eigenvalue weighted by molar-refractivity contribution is -0.115. The van der Waals surface area contributed by atoms with Gasteiger partial charge in [0.05, 0.1) is 25.2 Å². The third-order valence-electron chi connectivity index (χ3n) is 3.50. The topological polar surface area (TPSA) is 76.4 Å². The molecule has 3 rings (SSSR count). The molecule has 2 unspecified atom stereocenters. The second-order valence-corrected chi connectivity index (χ2v) is 4.78. The van der Waals surface area contributed by atoms with Crippen LogP contribution in [0.2, 0.25) is 0 Å². The van der Waals surface area contributed by atoms with Gasteiger partial charge < -0.3 is 21.1 Å². The number of carbonyl (C=O) groups excluding carboxylic acids is 1. The van der Waals surface area contributed by atoms with Crippen LogP contribution in [0.25, 0.3) is 0 Å². The Morgan fingerprint density at radius 2 is 2.33 bits per heavy atom. The smallest absolute Gasteiger partial charge is 0.228 e. The van der Waals surface area contributed by atoms with Crippen LogP contribution in [0.5, 0.6) is 0 Å². The monoisotopic (exact) mass is 247 g/mol. The highest BCUT2D eigenvalue weighted by molar-refractivity contribution is 5.99. The summed E-state index contributed by atoms with van der Waals surface area (Å²) >= 11 is 0. The Balaban J connectivity index is 1.80. The molecule has 0 spiro atoms. The lowest BCUT2D eigenvalue weighted by Gasteiger charge is -2.29. The Morgan fingerprint density at radius 1 is 1.44 bits per heavy atom. The molecule has 2 heterocycles. The van der Waals surface area contributed by atoms with E-state index in [0.717, 1.165) is 29.9 Å². The van der Waals surface area contributed by atoms with Gasteiger partial charge in [-0.1, -0.05) is 12.1 Å². The van der Waals surface area contributed by atoms with E-state index in [9.17, 15) is 4.79 Å². The standard InChI is InChI=1S/C13H17N3O2/c14-13(11-7-15-3-4-18-11)8-1-2-10-9(5-8)6-12(17)16-10/h1-2,5,11,13,15H,3-4,6-7,14H2,(H,16,17). The Bertz CT molecular complexity index is 469. The summed E-state index contributed by atoms with van der Waals surface area (Å²) in [6.45, 7) is 2.35. The molecule has 1 amide bonds. The second kappa shape index (κ2) is 4.68. The molecule has 0 radical (unpaired) electrons. The molecule has 18 heavy (non-hydrogen) atoms. The molecule has 4 N–H and O–H groups in total. The first-order valence-electron chi connectivity index (χ1n) is 6.24. The highest BCUT2D eigenvalue weighted by atomic mass is 16.5. The Labute approximate surface area is 106 Å². The van der Waals surface area contributed by atoms with Gasteiger partial charge >= 0.3 is 0 Å². The fourth-order valence-corrected chi connectivity index (χ4v) is 2.49. The molecule has 0 aromatic heterocycles. The quantitative estimate of drug-likeness (QED) is 0.696. The van der Waals surface area contributed by atoms with Gasteiger partial charge in [0.15, 0.2) is 0 Å². The van der Waals surface area contributed by atoms with Crippen LogP contribution in [0, 0.1) is 0 Å². The minimum atomic E-state index is -0.154. The van der Waals surface area contributed by atoms with Crippen molar-refractivity contribution in [2.45, 2.75) is 18.6 Å². The van der Waals surface area contributed by atoms with E-state index < -0.39 is 0 Å². The van der Waals surface area contributed by atoms with Crippen molar-refractivity contribution >= 4 is 11.6 Å². The highest BCUT2D eigenvalue weighted by Gasteiger charge is 2.24. The maximum Gasteiger partial charge on any atom is 0.228 e. The number of ether oxygens (including phenoxy) is 1. The molecule has 1 aromatic rings. The molecule has 5 nitrogen and oxygen atoms in total. The molecule has 0 aliphatic carbocycles. The summed E-state index contributed by atoms with van der Waals surface area (Å²) in [5.41, 5.74) is 9.18. The molecule has 0 bridgehead atoms. The van der Waals surface area contributed by atoms with E-state index in [1.54, 1.807) is 0 Å². The Kier molecular flexibility index (Phi) is 3.03. The van der Waals surface area contributed by atoms with Crippen LogP contribution >= 0.6 is 0 Å². The van der Waals surface area contributed by atoms with Crippen LogP contribution in [0.15, 0.2) is 18.2 Å². The number of fused-ring (bicyclic) bond motifs is 1. The maximum absolute atomic E-state index is 11.3. The third kappa shape index (κ3) is 2.12. The molecule has 1 fully saturated rings. The van der Waals surface area contributed by atoms with E-state index in [2.05, 4.69) is 10.6 Å². The molecule has 2 aliphatic rings. The first kappa shape index (κ1) is 11.6. The zero-order valence-corrected chi connectivity index (χ0v) is 10.1. The average Bonchev–Trinajstić information content (AvgIpc) is 2.78. The minimum absolute atomic E-state index is 0.00173. The van der Waals surface area contributed by atoms with Crippen LogP contribution in [0.4, 0.5) is 5.69 Å². The lowest BCUT2D eigenvalue weighted by Crippen LogP contribution is -2.44. The first-order chi connectivity index (χ1) is 8.74. The van der Waals surface area contributed by atoms with Crippen molar-refractivity contribution < 1.29 is 9.53 Å². The summed E-state index contributed by atoms with van der Waals surface area (Å²) in [7, 11) is 0. The largest absolute Gasteiger partial charge is 0.374 e. The van der Waals surface area contributed by atoms with Gasteiger partial charge in [0, 0.05) is 18.8 Å². The molecule has 1 aromatic carbocycles. The van der Waals surface area contributed by atoms with Crippen molar-refractivity contribution in [3.8, 4) is 0 Å². The van der Waals surface area contributed by atoms with Crippen LogP contribution in [0.3, 0.4) is 0 Å². The number of amides is 1. The fraction of sp³-hybridized carbons (Fsp3) is 0.462. The van der Waals surface area contributed by atoms with E-state index in [-0.39, 0.29) is 18.1 Å². The van der Waals surface area contributed by atoms with Crippen molar-refractivity contribution in [3.63, 3.8) is 0 Å². The number of benzene rings is 1. The summed E-state index contributed by atoms with van der Waals surface area (Å²) in [5, 5.41) is 6.09. The normalized spacial score (nSPS) is 24.5. The predicted octanol–water partition coefficient (Wildman–Crippen LogP) is 0.169. The predicted molar refractivity (Wildman–Crippen MR) is 68.3 cm³/mol. The van der Waals surface area contributed by atoms with Gasteiger partial charge in [-0.2, -0.15) is 0 Å². The summed E-state index contributed by atoms with van der Waals surface area (Å²) in [6, 6.07) is 5.74. The lowest BCUT2D eigenvalue weighted by atomic mass is 9.98. The number of carbonyl (C=O) groups is 1. The molecule has 96 valence electrons. The van der Waals surface area contributed by atoms with Crippen molar-refractivity contribution in [2.75, 3.05) is 25.0 Å². The van der Waals surface area contributed by atoms with Crippen molar-refractivity contribution in [3.05, 3.63) is 29.3 Å². The molecule has 0 saturated carbocycles. The van der Waals surface area contributed by atoms with E-state index in [1.807, 2.05) is 18.2 Å². The molecule has 1 saturated heterocycles. The van der Waals surface area contributed by atoms with Crippen LogP contribution in [-0.4, -0.2) is 31.7 Å². The number of hydrogen-bond donors (Lipinski definition) is 3. The second-order valence-electron chi connectivity index (χ2n) is 4.78. The van der Waals surface area contributed by atoms with Crippen LogP contribution in [-0.2, 0) is 16.0 Å². The number of nitrogens with two attached hydrogens (primary N) is 1.